The van der Waals surface area contributed by atoms with Gasteiger partial charge in [0.15, 0.2) is 0 Å². The summed E-state index contributed by atoms with van der Waals surface area (Å²) in [6.45, 7) is 1.87. The van der Waals surface area contributed by atoms with E-state index in [1.165, 1.54) is 25.3 Å². The van der Waals surface area contributed by atoms with E-state index in [9.17, 15) is 9.18 Å². The van der Waals surface area contributed by atoms with Crippen LogP contribution in [0, 0.1) is 12.7 Å². The Morgan fingerprint density at radius 1 is 1.23 bits per heavy atom. The third-order valence-corrected chi connectivity index (χ3v) is 3.78. The molecule has 6 heteroatoms. The minimum Gasteiger partial charge on any atom is -0.495 e. The number of methoxy groups -OCH3 is 1. The highest BCUT2D eigenvalue weighted by molar-refractivity contribution is 6.36. The van der Waals surface area contributed by atoms with E-state index in [0.717, 1.165) is 0 Å². The number of amides is 1. The van der Waals surface area contributed by atoms with Crippen LogP contribution in [0.25, 0.3) is 0 Å². The molecule has 0 aliphatic carbocycles. The van der Waals surface area contributed by atoms with Crippen molar-refractivity contribution in [3.8, 4) is 5.75 Å². The van der Waals surface area contributed by atoms with Gasteiger partial charge in [-0.2, -0.15) is 0 Å². The van der Waals surface area contributed by atoms with Crippen molar-refractivity contribution in [3.63, 3.8) is 0 Å². The van der Waals surface area contributed by atoms with Crippen molar-refractivity contribution in [2.75, 3.05) is 7.11 Å². The molecule has 0 aliphatic heterocycles. The van der Waals surface area contributed by atoms with E-state index in [1.54, 1.807) is 19.1 Å². The molecule has 3 nitrogen and oxygen atoms in total. The van der Waals surface area contributed by atoms with Crippen LogP contribution in [0.15, 0.2) is 30.3 Å². The second-order valence-electron chi connectivity index (χ2n) is 4.73. The Morgan fingerprint density at radius 3 is 2.59 bits per heavy atom. The van der Waals surface area contributed by atoms with E-state index in [1.807, 2.05) is 0 Å². The molecule has 0 aromatic heterocycles. The fourth-order valence-corrected chi connectivity index (χ4v) is 2.36. The maximum Gasteiger partial charge on any atom is 0.253 e. The molecular formula is C16H14Cl2FNO2. The summed E-state index contributed by atoms with van der Waals surface area (Å²) in [5.41, 5.74) is 1.45. The van der Waals surface area contributed by atoms with Gasteiger partial charge in [0.2, 0.25) is 0 Å². The predicted octanol–water partition coefficient (Wildman–Crippen LogP) is 4.38. The molecule has 1 amide bonds. The van der Waals surface area contributed by atoms with Gasteiger partial charge in [-0.3, -0.25) is 4.79 Å². The van der Waals surface area contributed by atoms with Crippen molar-refractivity contribution in [2.24, 2.45) is 0 Å². The zero-order valence-electron chi connectivity index (χ0n) is 12.0. The molecule has 0 bridgehead atoms. The fraction of sp³-hybridized carbons (Fsp3) is 0.188. The third kappa shape index (κ3) is 3.70. The highest BCUT2D eigenvalue weighted by atomic mass is 35.5. The van der Waals surface area contributed by atoms with Crippen LogP contribution in [0.3, 0.4) is 0 Å². The Morgan fingerprint density at radius 2 is 1.95 bits per heavy atom. The maximum absolute atomic E-state index is 13.5. The van der Waals surface area contributed by atoms with Gasteiger partial charge in [-0.15, -0.1) is 0 Å². The highest BCUT2D eigenvalue weighted by Crippen LogP contribution is 2.30. The van der Waals surface area contributed by atoms with Crippen LogP contribution >= 0.6 is 23.2 Å². The number of rotatable bonds is 4. The number of hydrogen-bond acceptors (Lipinski definition) is 2. The van der Waals surface area contributed by atoms with Gasteiger partial charge in [-0.25, -0.2) is 4.39 Å². The molecule has 1 N–H and O–H groups in total. The summed E-state index contributed by atoms with van der Waals surface area (Å²) in [7, 11) is 1.46. The molecule has 116 valence electrons. The van der Waals surface area contributed by atoms with Crippen LogP contribution in [-0.2, 0) is 6.54 Å². The summed E-state index contributed by atoms with van der Waals surface area (Å²) >= 11 is 12.0. The molecule has 0 aliphatic rings. The van der Waals surface area contributed by atoms with Gasteiger partial charge in [-0.05, 0) is 30.2 Å². The minimum atomic E-state index is -0.393. The topological polar surface area (TPSA) is 38.3 Å². The lowest BCUT2D eigenvalue weighted by Crippen LogP contribution is -2.23. The predicted molar refractivity (Wildman–Crippen MR) is 85.3 cm³/mol. The van der Waals surface area contributed by atoms with Crippen LogP contribution in [0.1, 0.15) is 21.5 Å². The molecule has 0 heterocycles. The van der Waals surface area contributed by atoms with E-state index in [-0.39, 0.29) is 22.9 Å². The fourth-order valence-electron chi connectivity index (χ4n) is 1.88. The smallest absolute Gasteiger partial charge is 0.253 e. The largest absolute Gasteiger partial charge is 0.495 e. The van der Waals surface area contributed by atoms with Crippen molar-refractivity contribution in [2.45, 2.75) is 13.5 Å². The van der Waals surface area contributed by atoms with E-state index in [4.69, 9.17) is 27.9 Å². The maximum atomic E-state index is 13.5. The van der Waals surface area contributed by atoms with E-state index >= 15 is 0 Å². The Hall–Kier alpha value is -1.78. The molecule has 0 saturated heterocycles. The quantitative estimate of drug-likeness (QED) is 0.896. The van der Waals surface area contributed by atoms with Gasteiger partial charge in [0.1, 0.15) is 11.6 Å². The van der Waals surface area contributed by atoms with Crippen LogP contribution in [0.5, 0.6) is 5.75 Å². The van der Waals surface area contributed by atoms with Crippen molar-refractivity contribution >= 4 is 29.1 Å². The van der Waals surface area contributed by atoms with Gasteiger partial charge in [-0.1, -0.05) is 35.3 Å². The minimum absolute atomic E-state index is 0.190. The Kier molecular flexibility index (Phi) is 5.27. The second-order valence-corrected chi connectivity index (χ2v) is 5.55. The number of halogens is 3. The Bertz CT molecular complexity index is 720. The molecule has 0 atom stereocenters. The summed E-state index contributed by atoms with van der Waals surface area (Å²) in [4.78, 5) is 12.2. The molecule has 0 fully saturated rings. The number of nitrogens with one attached hydrogen (secondary N) is 1. The molecule has 22 heavy (non-hydrogen) atoms. The number of hydrogen-bond donors (Lipinski definition) is 1. The number of benzene rings is 2. The number of aryl methyl sites for hydroxylation is 1. The highest BCUT2D eigenvalue weighted by Gasteiger charge is 2.14. The van der Waals surface area contributed by atoms with E-state index in [0.29, 0.717) is 21.9 Å². The van der Waals surface area contributed by atoms with E-state index < -0.39 is 5.91 Å². The van der Waals surface area contributed by atoms with Gasteiger partial charge in [0.05, 0.1) is 22.7 Å². The molecule has 0 saturated carbocycles. The number of carbonyl (C=O) groups excluding carboxylic acids is 1. The summed E-state index contributed by atoms with van der Waals surface area (Å²) in [6.07, 6.45) is 0. The summed E-state index contributed by atoms with van der Waals surface area (Å²) in [6, 6.07) is 7.71. The Labute approximate surface area is 138 Å². The first kappa shape index (κ1) is 16.6. The molecule has 0 radical (unpaired) electrons. The number of carbonyl (C=O) groups is 1. The lowest BCUT2D eigenvalue weighted by Gasteiger charge is -2.10. The van der Waals surface area contributed by atoms with Crippen LogP contribution in [0.2, 0.25) is 10.0 Å². The lowest BCUT2D eigenvalue weighted by molar-refractivity contribution is 0.0951. The van der Waals surface area contributed by atoms with E-state index in [2.05, 4.69) is 5.32 Å². The first-order valence-corrected chi connectivity index (χ1v) is 7.24. The van der Waals surface area contributed by atoms with Crippen LogP contribution < -0.4 is 10.1 Å². The van der Waals surface area contributed by atoms with Crippen molar-refractivity contribution in [3.05, 3.63) is 62.9 Å². The number of ether oxygens (including phenoxy) is 1. The van der Waals surface area contributed by atoms with Crippen molar-refractivity contribution in [1.82, 2.24) is 5.32 Å². The van der Waals surface area contributed by atoms with Crippen molar-refractivity contribution in [1.29, 1.82) is 0 Å². The second kappa shape index (κ2) is 6.99. The van der Waals surface area contributed by atoms with Gasteiger partial charge >= 0.3 is 0 Å². The first-order chi connectivity index (χ1) is 10.4. The molecule has 2 aromatic carbocycles. The molecule has 2 rings (SSSR count). The summed E-state index contributed by atoms with van der Waals surface area (Å²) < 4.78 is 18.5. The average molecular weight is 342 g/mol. The first-order valence-electron chi connectivity index (χ1n) is 6.48. The van der Waals surface area contributed by atoms with Gasteiger partial charge < -0.3 is 10.1 Å². The average Bonchev–Trinajstić information content (AvgIpc) is 2.50. The molecule has 0 unspecified atom stereocenters. The van der Waals surface area contributed by atoms with Gasteiger partial charge in [0.25, 0.3) is 5.91 Å². The third-order valence-electron chi connectivity index (χ3n) is 3.18. The van der Waals surface area contributed by atoms with Crippen molar-refractivity contribution < 1.29 is 13.9 Å². The zero-order valence-corrected chi connectivity index (χ0v) is 13.6. The zero-order chi connectivity index (χ0) is 16.3. The molecule has 0 spiro atoms. The standard InChI is InChI=1S/C16H14Cl2FNO2/c1-9-3-4-10(5-14(9)19)8-20-16(21)11-6-13(18)15(22-2)7-12(11)17/h3-7H,8H2,1-2H3,(H,20,21). The lowest BCUT2D eigenvalue weighted by atomic mass is 10.1. The molecule has 2 aromatic rings. The van der Waals surface area contributed by atoms with Gasteiger partial charge in [0, 0.05) is 12.6 Å². The monoisotopic (exact) mass is 341 g/mol. The normalized spacial score (nSPS) is 10.4. The Balaban J connectivity index is 2.12. The summed E-state index contributed by atoms with van der Waals surface area (Å²) in [5, 5.41) is 3.20. The molecular weight excluding hydrogens is 328 g/mol. The summed E-state index contributed by atoms with van der Waals surface area (Å²) in [5.74, 6) is -0.309. The van der Waals surface area contributed by atoms with Crippen LogP contribution in [-0.4, -0.2) is 13.0 Å². The van der Waals surface area contributed by atoms with Crippen LogP contribution in [0.4, 0.5) is 4.39 Å². The SMILES string of the molecule is COc1cc(Cl)c(C(=O)NCc2ccc(C)c(F)c2)cc1Cl.